The number of amides is 1. The molecule has 0 aliphatic carbocycles. The molecule has 1 amide bonds. The third kappa shape index (κ3) is 4.31. The quantitative estimate of drug-likeness (QED) is 0.595. The van der Waals surface area contributed by atoms with Crippen LogP contribution < -0.4 is 14.8 Å². The smallest absolute Gasteiger partial charge is 0.217 e. The van der Waals surface area contributed by atoms with Crippen LogP contribution in [0.1, 0.15) is 29.5 Å². The average Bonchev–Trinajstić information content (AvgIpc) is 3.32. The highest BCUT2D eigenvalue weighted by molar-refractivity contribution is 5.86. The summed E-state index contributed by atoms with van der Waals surface area (Å²) in [6, 6.07) is 12.1. The molecule has 1 aromatic heterocycles. The second kappa shape index (κ2) is 9.22. The molecule has 7 nitrogen and oxygen atoms in total. The largest absolute Gasteiger partial charge is 0.497 e. The van der Waals surface area contributed by atoms with Gasteiger partial charge >= 0.3 is 0 Å². The monoisotopic (exact) mass is 437 g/mol. The number of carbonyl (C=O) groups excluding carboxylic acids is 1. The van der Waals surface area contributed by atoms with Gasteiger partial charge in [0.05, 0.1) is 20.8 Å². The standard InChI is InChI=1S/C25H31N3O4/c1-16(30)26-23-14-28(11-17-5-8-25(32-4)18(9-17)15-29)13-22(23)21-12-27(2)24-7-6-19(31-3)10-20(21)24/h5-10,12,22-23,29H,11,13-15H2,1-4H3,(H,26,30)/t22-,23+/m1/s1. The predicted octanol–water partition coefficient (Wildman–Crippen LogP) is 2.79. The SMILES string of the molecule is COc1ccc2c(c1)c([C@H]1CN(Cc3ccc(OC)c(CO)c3)C[C@@H]1NC(C)=O)cn2C. The molecule has 32 heavy (non-hydrogen) atoms. The average molecular weight is 438 g/mol. The van der Waals surface area contributed by atoms with E-state index in [1.165, 1.54) is 5.56 Å². The minimum absolute atomic E-state index is 0.0138. The van der Waals surface area contributed by atoms with Crippen molar-refractivity contribution in [2.45, 2.75) is 32.0 Å². The van der Waals surface area contributed by atoms with E-state index in [0.717, 1.165) is 47.4 Å². The molecule has 0 saturated carbocycles. The summed E-state index contributed by atoms with van der Waals surface area (Å²) < 4.78 is 12.9. The van der Waals surface area contributed by atoms with Crippen molar-refractivity contribution in [3.05, 3.63) is 59.3 Å². The van der Waals surface area contributed by atoms with E-state index in [9.17, 15) is 9.90 Å². The van der Waals surface area contributed by atoms with Gasteiger partial charge in [-0.15, -0.1) is 0 Å². The number of aliphatic hydroxyl groups is 1. The van der Waals surface area contributed by atoms with Crippen molar-refractivity contribution in [2.24, 2.45) is 7.05 Å². The lowest BCUT2D eigenvalue weighted by molar-refractivity contribution is -0.119. The highest BCUT2D eigenvalue weighted by atomic mass is 16.5. The fourth-order valence-electron chi connectivity index (χ4n) is 4.87. The van der Waals surface area contributed by atoms with Gasteiger partial charge in [0, 0.05) is 68.2 Å². The number of ether oxygens (including phenoxy) is 2. The normalized spacial score (nSPS) is 18.8. The van der Waals surface area contributed by atoms with Gasteiger partial charge in [-0.2, -0.15) is 0 Å². The lowest BCUT2D eigenvalue weighted by atomic mass is 9.93. The van der Waals surface area contributed by atoms with Gasteiger partial charge in [0.25, 0.3) is 0 Å². The van der Waals surface area contributed by atoms with Crippen LogP contribution in [0.2, 0.25) is 0 Å². The molecule has 1 aliphatic heterocycles. The van der Waals surface area contributed by atoms with Crippen LogP contribution in [-0.2, 0) is 25.0 Å². The Kier molecular flexibility index (Phi) is 6.39. The van der Waals surface area contributed by atoms with Crippen LogP contribution >= 0.6 is 0 Å². The molecule has 2 atom stereocenters. The van der Waals surface area contributed by atoms with E-state index in [0.29, 0.717) is 5.75 Å². The minimum atomic E-state index is -0.0635. The van der Waals surface area contributed by atoms with E-state index in [-0.39, 0.29) is 24.5 Å². The number of likely N-dealkylation sites (tertiary alicyclic amines) is 1. The van der Waals surface area contributed by atoms with Gasteiger partial charge in [0.1, 0.15) is 11.5 Å². The molecule has 1 saturated heterocycles. The van der Waals surface area contributed by atoms with Crippen LogP contribution in [-0.4, -0.2) is 53.8 Å². The summed E-state index contributed by atoms with van der Waals surface area (Å²) in [5.74, 6) is 1.65. The van der Waals surface area contributed by atoms with Crippen molar-refractivity contribution < 1.29 is 19.4 Å². The number of nitrogens with one attached hydrogen (secondary N) is 1. The van der Waals surface area contributed by atoms with Crippen molar-refractivity contribution in [2.75, 3.05) is 27.3 Å². The molecule has 0 radical (unpaired) electrons. The molecule has 2 heterocycles. The van der Waals surface area contributed by atoms with Crippen LogP contribution in [0.15, 0.2) is 42.6 Å². The summed E-state index contributed by atoms with van der Waals surface area (Å²) in [7, 11) is 5.33. The summed E-state index contributed by atoms with van der Waals surface area (Å²) in [4.78, 5) is 14.3. The molecule has 7 heteroatoms. The van der Waals surface area contributed by atoms with Gasteiger partial charge in [-0.1, -0.05) is 6.07 Å². The van der Waals surface area contributed by atoms with E-state index in [1.54, 1.807) is 21.1 Å². The first-order valence-electron chi connectivity index (χ1n) is 10.8. The van der Waals surface area contributed by atoms with E-state index >= 15 is 0 Å². The fraction of sp³-hybridized carbons (Fsp3) is 0.400. The molecule has 2 N–H and O–H groups in total. The zero-order chi connectivity index (χ0) is 22.8. The molecular weight excluding hydrogens is 406 g/mol. The van der Waals surface area contributed by atoms with E-state index in [1.807, 2.05) is 31.3 Å². The minimum Gasteiger partial charge on any atom is -0.497 e. The van der Waals surface area contributed by atoms with Crippen molar-refractivity contribution in [3.63, 3.8) is 0 Å². The molecule has 0 spiro atoms. The summed E-state index contributed by atoms with van der Waals surface area (Å²) >= 11 is 0. The van der Waals surface area contributed by atoms with E-state index in [2.05, 4.69) is 33.1 Å². The lowest BCUT2D eigenvalue weighted by Gasteiger charge is -2.19. The zero-order valence-corrected chi connectivity index (χ0v) is 19.1. The first-order chi connectivity index (χ1) is 15.4. The van der Waals surface area contributed by atoms with Gasteiger partial charge < -0.3 is 24.5 Å². The Morgan fingerprint density at radius 3 is 2.66 bits per heavy atom. The number of benzene rings is 2. The number of methoxy groups -OCH3 is 2. The van der Waals surface area contributed by atoms with Crippen molar-refractivity contribution in [1.82, 2.24) is 14.8 Å². The summed E-state index contributed by atoms with van der Waals surface area (Å²) in [5.41, 5.74) is 4.24. The maximum Gasteiger partial charge on any atom is 0.217 e. The van der Waals surface area contributed by atoms with Crippen LogP contribution in [0.25, 0.3) is 10.9 Å². The Morgan fingerprint density at radius 2 is 1.97 bits per heavy atom. The molecule has 2 aromatic carbocycles. The molecule has 1 aliphatic rings. The second-order valence-electron chi connectivity index (χ2n) is 8.49. The van der Waals surface area contributed by atoms with Crippen molar-refractivity contribution in [3.8, 4) is 11.5 Å². The number of hydrogen-bond acceptors (Lipinski definition) is 5. The molecule has 1 fully saturated rings. The Morgan fingerprint density at radius 1 is 1.16 bits per heavy atom. The van der Waals surface area contributed by atoms with Crippen LogP contribution in [0.3, 0.4) is 0 Å². The van der Waals surface area contributed by atoms with Gasteiger partial charge in [-0.3, -0.25) is 9.69 Å². The van der Waals surface area contributed by atoms with Crippen molar-refractivity contribution in [1.29, 1.82) is 0 Å². The Balaban J connectivity index is 1.64. The fourth-order valence-corrected chi connectivity index (χ4v) is 4.87. The van der Waals surface area contributed by atoms with Gasteiger partial charge in [-0.25, -0.2) is 0 Å². The van der Waals surface area contributed by atoms with E-state index < -0.39 is 0 Å². The predicted molar refractivity (Wildman–Crippen MR) is 124 cm³/mol. The highest BCUT2D eigenvalue weighted by Gasteiger charge is 2.36. The number of aromatic nitrogens is 1. The van der Waals surface area contributed by atoms with E-state index in [4.69, 9.17) is 9.47 Å². The topological polar surface area (TPSA) is 76.0 Å². The summed E-state index contributed by atoms with van der Waals surface area (Å²) in [6.45, 7) is 3.82. The van der Waals surface area contributed by atoms with Crippen LogP contribution in [0.4, 0.5) is 0 Å². The van der Waals surface area contributed by atoms with Crippen LogP contribution in [0.5, 0.6) is 11.5 Å². The zero-order valence-electron chi connectivity index (χ0n) is 19.1. The molecule has 4 rings (SSSR count). The summed E-state index contributed by atoms with van der Waals surface area (Å²) in [6.07, 6.45) is 2.17. The Bertz CT molecular complexity index is 1120. The third-order valence-electron chi connectivity index (χ3n) is 6.33. The molecular formula is C25H31N3O4. The number of fused-ring (bicyclic) bond motifs is 1. The summed E-state index contributed by atoms with van der Waals surface area (Å²) in [5, 5.41) is 14.0. The number of aliphatic hydroxyl groups excluding tert-OH is 1. The van der Waals surface area contributed by atoms with Crippen LogP contribution in [0, 0.1) is 0 Å². The van der Waals surface area contributed by atoms with Gasteiger partial charge in [-0.05, 0) is 41.5 Å². The number of aryl methyl sites for hydroxylation is 1. The maximum absolute atomic E-state index is 12.0. The van der Waals surface area contributed by atoms with Crippen molar-refractivity contribution >= 4 is 16.8 Å². The number of nitrogens with zero attached hydrogens (tertiary/aromatic N) is 2. The molecule has 170 valence electrons. The van der Waals surface area contributed by atoms with Gasteiger partial charge in [0.15, 0.2) is 0 Å². The molecule has 3 aromatic rings. The third-order valence-corrected chi connectivity index (χ3v) is 6.33. The Hall–Kier alpha value is -3.03. The molecule has 0 bridgehead atoms. The highest BCUT2D eigenvalue weighted by Crippen LogP contribution is 2.36. The van der Waals surface area contributed by atoms with Gasteiger partial charge in [0.2, 0.25) is 5.91 Å². The lowest BCUT2D eigenvalue weighted by Crippen LogP contribution is -2.38. The first kappa shape index (κ1) is 22.2. The number of carbonyl (C=O) groups is 1. The maximum atomic E-state index is 12.0. The first-order valence-corrected chi connectivity index (χ1v) is 10.8. The number of hydrogen-bond donors (Lipinski definition) is 2. The molecule has 0 unspecified atom stereocenters. The second-order valence-corrected chi connectivity index (χ2v) is 8.49. The number of rotatable bonds is 7. The Labute approximate surface area is 188 Å².